The number of aryl methyl sites for hydroxylation is 2. The fourth-order valence-electron chi connectivity index (χ4n) is 3.41. The summed E-state index contributed by atoms with van der Waals surface area (Å²) >= 11 is 1.11. The van der Waals surface area contributed by atoms with Gasteiger partial charge in [-0.1, -0.05) is 36.4 Å². The number of nitrogens with one attached hydrogen (secondary N) is 1. The Morgan fingerprint density at radius 2 is 1.78 bits per heavy atom. The summed E-state index contributed by atoms with van der Waals surface area (Å²) in [5, 5.41) is 8.07. The highest BCUT2D eigenvalue weighted by atomic mass is 32.2. The number of hydrogen-bond donors (Lipinski definition) is 1. The van der Waals surface area contributed by atoms with Crippen molar-refractivity contribution in [2.24, 2.45) is 7.05 Å². The van der Waals surface area contributed by atoms with Crippen molar-refractivity contribution in [1.29, 1.82) is 0 Å². The minimum absolute atomic E-state index is 0.0807. The maximum absolute atomic E-state index is 13.4. The van der Waals surface area contributed by atoms with Crippen LogP contribution in [0.2, 0.25) is 0 Å². The maximum atomic E-state index is 13.4. The quantitative estimate of drug-likeness (QED) is 0.449. The first-order valence-electron chi connectivity index (χ1n) is 10.0. The van der Waals surface area contributed by atoms with Crippen LogP contribution in [0.25, 0.3) is 22.3 Å². The van der Waals surface area contributed by atoms with E-state index in [1.54, 1.807) is 37.0 Å². The van der Waals surface area contributed by atoms with E-state index in [2.05, 4.69) is 10.4 Å². The first-order valence-corrected chi connectivity index (χ1v) is 10.9. The van der Waals surface area contributed by atoms with E-state index in [1.807, 2.05) is 56.4 Å². The van der Waals surface area contributed by atoms with Gasteiger partial charge >= 0.3 is 0 Å². The number of carbonyl (C=O) groups is 2. The van der Waals surface area contributed by atoms with Gasteiger partial charge in [-0.05, 0) is 43.0 Å². The maximum Gasteiger partial charge on any atom is 0.285 e. The Kier molecular flexibility index (Phi) is 5.96. The lowest BCUT2D eigenvalue weighted by Crippen LogP contribution is -2.16. The van der Waals surface area contributed by atoms with Crippen molar-refractivity contribution >= 4 is 39.6 Å². The number of benzene rings is 2. The smallest absolute Gasteiger partial charge is 0.285 e. The molecule has 0 unspecified atom stereocenters. The highest BCUT2D eigenvalue weighted by Gasteiger charge is 2.19. The van der Waals surface area contributed by atoms with Crippen LogP contribution in [0.15, 0.2) is 65.6 Å². The van der Waals surface area contributed by atoms with Crippen LogP contribution in [0, 0.1) is 6.92 Å². The molecule has 4 rings (SSSR count). The molecule has 0 aliphatic carbocycles. The van der Waals surface area contributed by atoms with E-state index < -0.39 is 0 Å². The number of carbonyl (C=O) groups excluding carboxylic acids is 2. The van der Waals surface area contributed by atoms with Crippen LogP contribution in [0.4, 0.5) is 10.5 Å². The highest BCUT2D eigenvalue weighted by Crippen LogP contribution is 2.28. The van der Waals surface area contributed by atoms with Crippen LogP contribution in [0.3, 0.4) is 0 Å². The molecule has 0 radical (unpaired) electrons. The molecule has 7 nitrogen and oxygen atoms in total. The zero-order chi connectivity index (χ0) is 22.8. The Hall–Kier alpha value is -3.65. The van der Waals surface area contributed by atoms with E-state index in [0.29, 0.717) is 22.6 Å². The molecule has 162 valence electrons. The minimum Gasteiger partial charge on any atom is -0.339 e. The second-order valence-corrected chi connectivity index (χ2v) is 8.60. The van der Waals surface area contributed by atoms with Gasteiger partial charge in [-0.25, -0.2) is 4.98 Å². The predicted octanol–water partition coefficient (Wildman–Crippen LogP) is 4.97. The van der Waals surface area contributed by atoms with Crippen molar-refractivity contribution in [2.45, 2.75) is 11.8 Å². The summed E-state index contributed by atoms with van der Waals surface area (Å²) < 4.78 is 1.69. The summed E-state index contributed by atoms with van der Waals surface area (Å²) in [6, 6.07) is 18.8. The third-order valence-electron chi connectivity index (χ3n) is 4.95. The fraction of sp³-hybridized carbons (Fsp3) is 0.167. The van der Waals surface area contributed by atoms with E-state index in [9.17, 15) is 9.59 Å². The summed E-state index contributed by atoms with van der Waals surface area (Å²) in [6.07, 6.45) is 0. The molecule has 0 fully saturated rings. The van der Waals surface area contributed by atoms with Gasteiger partial charge in [0.15, 0.2) is 5.65 Å². The molecule has 0 aliphatic heterocycles. The predicted molar refractivity (Wildman–Crippen MR) is 128 cm³/mol. The SMILES string of the molecule is Cc1nn(C)c2nc(-c3ccccc3)cc(C(=O)Nc3cccc(SC(=O)N(C)C)c3)c12. The molecule has 32 heavy (non-hydrogen) atoms. The number of fused-ring (bicyclic) bond motifs is 1. The Labute approximate surface area is 190 Å². The van der Waals surface area contributed by atoms with Crippen LogP contribution in [0.1, 0.15) is 16.1 Å². The van der Waals surface area contributed by atoms with E-state index in [-0.39, 0.29) is 11.1 Å². The molecule has 2 aromatic carbocycles. The molecule has 0 atom stereocenters. The monoisotopic (exact) mass is 445 g/mol. The minimum atomic E-state index is -0.258. The van der Waals surface area contributed by atoms with Crippen LogP contribution < -0.4 is 5.32 Å². The number of pyridine rings is 1. The lowest BCUT2D eigenvalue weighted by Gasteiger charge is -2.11. The van der Waals surface area contributed by atoms with Gasteiger partial charge in [0, 0.05) is 37.3 Å². The Bertz CT molecular complexity index is 1310. The molecule has 8 heteroatoms. The Balaban J connectivity index is 1.72. The van der Waals surface area contributed by atoms with Crippen molar-refractivity contribution in [3.63, 3.8) is 0 Å². The Morgan fingerprint density at radius 3 is 2.50 bits per heavy atom. The summed E-state index contributed by atoms with van der Waals surface area (Å²) in [4.78, 5) is 32.4. The van der Waals surface area contributed by atoms with Gasteiger partial charge in [0.2, 0.25) is 0 Å². The molecule has 4 aromatic rings. The molecule has 1 N–H and O–H groups in total. The van der Waals surface area contributed by atoms with Gasteiger partial charge < -0.3 is 10.2 Å². The van der Waals surface area contributed by atoms with E-state index >= 15 is 0 Å². The third-order valence-corrected chi connectivity index (χ3v) is 5.97. The standard InChI is InChI=1S/C24H23N5O2S/c1-15-21-19(14-20(16-9-6-5-7-10-16)26-22(21)29(4)27-15)23(30)25-17-11-8-12-18(13-17)32-24(31)28(2)3/h5-14H,1-4H3,(H,25,30). The normalized spacial score (nSPS) is 10.9. The number of aromatic nitrogens is 3. The van der Waals surface area contributed by atoms with Gasteiger partial charge in [0.1, 0.15) is 0 Å². The summed E-state index contributed by atoms with van der Waals surface area (Å²) in [5.41, 5.74) is 4.12. The van der Waals surface area contributed by atoms with E-state index in [0.717, 1.165) is 33.3 Å². The van der Waals surface area contributed by atoms with Crippen LogP contribution in [-0.4, -0.2) is 44.9 Å². The average Bonchev–Trinajstić information content (AvgIpc) is 3.07. The molecule has 2 amide bonds. The highest BCUT2D eigenvalue weighted by molar-refractivity contribution is 8.13. The fourth-order valence-corrected chi connectivity index (χ4v) is 4.13. The molecule has 0 saturated carbocycles. The number of nitrogens with zero attached hydrogens (tertiary/aromatic N) is 4. The second kappa shape index (κ2) is 8.84. The van der Waals surface area contributed by atoms with Crippen molar-refractivity contribution in [3.8, 4) is 11.3 Å². The molecule has 2 heterocycles. The van der Waals surface area contributed by atoms with Crippen molar-refractivity contribution in [1.82, 2.24) is 19.7 Å². The van der Waals surface area contributed by atoms with Gasteiger partial charge in [0.05, 0.1) is 22.3 Å². The van der Waals surface area contributed by atoms with Crippen LogP contribution >= 0.6 is 11.8 Å². The van der Waals surface area contributed by atoms with Crippen molar-refractivity contribution in [3.05, 3.63) is 71.9 Å². The van der Waals surface area contributed by atoms with E-state index in [4.69, 9.17) is 4.98 Å². The average molecular weight is 446 g/mol. The largest absolute Gasteiger partial charge is 0.339 e. The number of amides is 2. The van der Waals surface area contributed by atoms with Gasteiger partial charge in [0.25, 0.3) is 11.1 Å². The van der Waals surface area contributed by atoms with Gasteiger partial charge in [-0.15, -0.1) is 0 Å². The molecule has 0 aliphatic rings. The Morgan fingerprint density at radius 1 is 1.03 bits per heavy atom. The zero-order valence-electron chi connectivity index (χ0n) is 18.3. The number of rotatable bonds is 4. The van der Waals surface area contributed by atoms with Gasteiger partial charge in [-0.2, -0.15) is 5.10 Å². The van der Waals surface area contributed by atoms with Crippen LogP contribution in [-0.2, 0) is 7.05 Å². The third kappa shape index (κ3) is 4.36. The summed E-state index contributed by atoms with van der Waals surface area (Å²) in [5.74, 6) is -0.258. The summed E-state index contributed by atoms with van der Waals surface area (Å²) in [6.45, 7) is 1.87. The second-order valence-electron chi connectivity index (χ2n) is 7.57. The molecule has 0 bridgehead atoms. The summed E-state index contributed by atoms with van der Waals surface area (Å²) in [7, 11) is 5.23. The van der Waals surface area contributed by atoms with Crippen molar-refractivity contribution in [2.75, 3.05) is 19.4 Å². The first kappa shape index (κ1) is 21.6. The molecule has 2 aromatic heterocycles. The zero-order valence-corrected chi connectivity index (χ0v) is 19.1. The lowest BCUT2D eigenvalue weighted by molar-refractivity contribution is 0.102. The number of thioether (sulfide) groups is 1. The first-order chi connectivity index (χ1) is 15.3. The van der Waals surface area contributed by atoms with Crippen LogP contribution in [0.5, 0.6) is 0 Å². The topological polar surface area (TPSA) is 80.1 Å². The number of hydrogen-bond acceptors (Lipinski definition) is 5. The van der Waals surface area contributed by atoms with Gasteiger partial charge in [-0.3, -0.25) is 14.3 Å². The molecule has 0 spiro atoms. The van der Waals surface area contributed by atoms with Crippen molar-refractivity contribution < 1.29 is 9.59 Å². The number of anilines is 1. The lowest BCUT2D eigenvalue weighted by atomic mass is 10.0. The molecular weight excluding hydrogens is 422 g/mol. The van der Waals surface area contributed by atoms with E-state index in [1.165, 1.54) is 4.90 Å². The molecular formula is C24H23N5O2S. The molecule has 0 saturated heterocycles.